The number of ketones is 1. The molecule has 2 aliphatic rings. The van der Waals surface area contributed by atoms with Crippen molar-refractivity contribution in [3.63, 3.8) is 0 Å². The summed E-state index contributed by atoms with van der Waals surface area (Å²) >= 11 is 0. The Labute approximate surface area is 241 Å². The molecule has 3 N–H and O–H groups in total. The molecule has 4 rings (SSSR count). The predicted octanol–water partition coefficient (Wildman–Crippen LogP) is 6.45. The summed E-state index contributed by atoms with van der Waals surface area (Å²) in [6, 6.07) is 14.9. The molecule has 2 aliphatic carbocycles. The molecule has 41 heavy (non-hydrogen) atoms. The smallest absolute Gasteiger partial charge is 0.407 e. The molecule has 218 valence electrons. The Morgan fingerprint density at radius 2 is 1.66 bits per heavy atom. The molecule has 0 saturated heterocycles. The molecule has 8 nitrogen and oxygen atoms in total. The van der Waals surface area contributed by atoms with Crippen LogP contribution in [0.3, 0.4) is 0 Å². The molecule has 0 fully saturated rings. The van der Waals surface area contributed by atoms with Crippen molar-refractivity contribution in [1.29, 1.82) is 0 Å². The van der Waals surface area contributed by atoms with E-state index in [0.717, 1.165) is 22.3 Å². The van der Waals surface area contributed by atoms with Gasteiger partial charge in [0.1, 0.15) is 18.4 Å². The summed E-state index contributed by atoms with van der Waals surface area (Å²) in [7, 11) is 0. The average Bonchev–Trinajstić information content (AvgIpc) is 3.21. The number of hydrogen-bond acceptors (Lipinski definition) is 6. The second-order valence-electron chi connectivity index (χ2n) is 12.2. The zero-order valence-corrected chi connectivity index (χ0v) is 24.3. The average molecular weight is 561 g/mol. The Morgan fingerprint density at radius 1 is 1.05 bits per heavy atom. The van der Waals surface area contributed by atoms with Gasteiger partial charge in [0, 0.05) is 31.0 Å². The summed E-state index contributed by atoms with van der Waals surface area (Å²) in [4.78, 5) is 42.0. The number of aliphatic hydroxyl groups is 1. The van der Waals surface area contributed by atoms with Gasteiger partial charge < -0.3 is 20.3 Å². The predicted molar refractivity (Wildman–Crippen MR) is 158 cm³/mol. The third-order valence-electron chi connectivity index (χ3n) is 7.63. The minimum absolute atomic E-state index is 0.0750. The van der Waals surface area contributed by atoms with Gasteiger partial charge in [-0.2, -0.15) is 0 Å². The molecule has 1 atom stereocenters. The van der Waals surface area contributed by atoms with Gasteiger partial charge in [0.05, 0.1) is 5.57 Å². The van der Waals surface area contributed by atoms with Crippen LogP contribution in [0, 0.1) is 11.3 Å². The Kier molecular flexibility index (Phi) is 9.31. The van der Waals surface area contributed by atoms with E-state index in [9.17, 15) is 24.6 Å². The van der Waals surface area contributed by atoms with Crippen LogP contribution in [0.5, 0.6) is 0 Å². The number of rotatable bonds is 11. The van der Waals surface area contributed by atoms with Gasteiger partial charge in [0.15, 0.2) is 5.78 Å². The van der Waals surface area contributed by atoms with Gasteiger partial charge in [-0.3, -0.25) is 9.79 Å². The second-order valence-corrected chi connectivity index (χ2v) is 12.2. The number of aliphatic carboxylic acids is 1. The van der Waals surface area contributed by atoms with Crippen molar-refractivity contribution in [2.24, 2.45) is 16.3 Å². The van der Waals surface area contributed by atoms with Gasteiger partial charge >= 0.3 is 12.1 Å². The fraction of sp³-hybridized carbons (Fsp3) is 0.455. The first-order chi connectivity index (χ1) is 19.5. The lowest BCUT2D eigenvalue weighted by molar-refractivity contribution is -0.139. The SMILES string of the molecule is CC(C)CC(=NCCC[C@H](NC(=O)OCC1c2ccccc2-c2ccccc21)C(=O)O)C1=C(O)CC(C)(C)CC1=O. The van der Waals surface area contributed by atoms with Gasteiger partial charge in [-0.25, -0.2) is 9.59 Å². The molecule has 0 heterocycles. The summed E-state index contributed by atoms with van der Waals surface area (Å²) in [5.74, 6) is -1.10. The number of Topliss-reactive ketones (excluding diaryl/α,β-unsaturated/α-hetero) is 1. The van der Waals surface area contributed by atoms with E-state index < -0.39 is 18.1 Å². The Bertz CT molecular complexity index is 1330. The van der Waals surface area contributed by atoms with Crippen molar-refractivity contribution >= 4 is 23.6 Å². The van der Waals surface area contributed by atoms with Crippen LogP contribution in [0.2, 0.25) is 0 Å². The molecule has 0 aliphatic heterocycles. The number of carboxylic acid groups (broad SMARTS) is 1. The molecule has 0 bridgehead atoms. The maximum atomic E-state index is 12.9. The minimum Gasteiger partial charge on any atom is -0.511 e. The maximum Gasteiger partial charge on any atom is 0.407 e. The third-order valence-corrected chi connectivity index (χ3v) is 7.63. The number of fused-ring (bicyclic) bond motifs is 3. The monoisotopic (exact) mass is 560 g/mol. The van der Waals surface area contributed by atoms with E-state index in [0.29, 0.717) is 37.0 Å². The minimum atomic E-state index is -1.16. The standard InChI is InChI=1S/C33H40N2O6/c1-20(2)16-27(30-28(36)17-33(3,4)18-29(30)37)34-15-9-14-26(31(38)39)35-32(40)41-19-25-23-12-7-5-10-21(23)22-11-6-8-13-24(22)25/h5-8,10-13,20,25-26,36H,9,14-19H2,1-4H3,(H,35,40)(H,38,39)/t26-/m0/s1. The van der Waals surface area contributed by atoms with E-state index >= 15 is 0 Å². The van der Waals surface area contributed by atoms with Crippen LogP contribution in [0.1, 0.15) is 76.8 Å². The van der Waals surface area contributed by atoms with E-state index in [2.05, 4.69) is 10.3 Å². The molecule has 2 aromatic carbocycles. The number of ether oxygens (including phenoxy) is 1. The lowest BCUT2D eigenvalue weighted by Gasteiger charge is -2.30. The number of nitrogens with one attached hydrogen (secondary N) is 1. The fourth-order valence-corrected chi connectivity index (χ4v) is 5.80. The first kappa shape index (κ1) is 30.0. The Morgan fingerprint density at radius 3 is 2.22 bits per heavy atom. The van der Waals surface area contributed by atoms with Crippen molar-refractivity contribution in [1.82, 2.24) is 5.32 Å². The number of allylic oxidation sites excluding steroid dienone is 2. The van der Waals surface area contributed by atoms with Crippen LogP contribution in [0.15, 0.2) is 64.9 Å². The Balaban J connectivity index is 1.35. The zero-order valence-electron chi connectivity index (χ0n) is 24.3. The summed E-state index contributed by atoms with van der Waals surface area (Å²) in [6.07, 6.45) is 1.02. The lowest BCUT2D eigenvalue weighted by Crippen LogP contribution is -2.41. The molecule has 0 unspecified atom stereocenters. The first-order valence-electron chi connectivity index (χ1n) is 14.3. The number of benzene rings is 2. The van der Waals surface area contributed by atoms with Crippen LogP contribution in [0.25, 0.3) is 11.1 Å². The number of aliphatic hydroxyl groups excluding tert-OH is 1. The Hall–Kier alpha value is -3.94. The van der Waals surface area contributed by atoms with Crippen molar-refractivity contribution in [3.05, 3.63) is 71.0 Å². The number of hydrogen-bond donors (Lipinski definition) is 3. The highest BCUT2D eigenvalue weighted by Gasteiger charge is 2.35. The summed E-state index contributed by atoms with van der Waals surface area (Å²) in [5.41, 5.74) is 4.95. The summed E-state index contributed by atoms with van der Waals surface area (Å²) < 4.78 is 5.52. The summed E-state index contributed by atoms with van der Waals surface area (Å²) in [6.45, 7) is 8.30. The largest absolute Gasteiger partial charge is 0.511 e. The van der Waals surface area contributed by atoms with Gasteiger partial charge in [-0.05, 0) is 52.8 Å². The molecule has 8 heteroatoms. The van der Waals surface area contributed by atoms with E-state index in [1.807, 2.05) is 76.2 Å². The van der Waals surface area contributed by atoms with Crippen LogP contribution in [-0.2, 0) is 14.3 Å². The molecular formula is C33H40N2O6. The van der Waals surface area contributed by atoms with Gasteiger partial charge in [0.2, 0.25) is 0 Å². The number of carbonyl (C=O) groups excluding carboxylic acids is 2. The fourth-order valence-electron chi connectivity index (χ4n) is 5.80. The maximum absolute atomic E-state index is 12.9. The second kappa shape index (κ2) is 12.7. The van der Waals surface area contributed by atoms with Crippen LogP contribution >= 0.6 is 0 Å². The lowest BCUT2D eigenvalue weighted by atomic mass is 9.75. The van der Waals surface area contributed by atoms with Crippen molar-refractivity contribution in [2.75, 3.05) is 13.2 Å². The van der Waals surface area contributed by atoms with Gasteiger partial charge in [-0.15, -0.1) is 0 Å². The topological polar surface area (TPSA) is 125 Å². The van der Waals surface area contributed by atoms with Crippen LogP contribution < -0.4 is 5.32 Å². The highest BCUT2D eigenvalue weighted by molar-refractivity contribution is 6.23. The number of carbonyl (C=O) groups is 3. The molecule has 0 radical (unpaired) electrons. The number of amides is 1. The molecule has 0 spiro atoms. The first-order valence-corrected chi connectivity index (χ1v) is 14.3. The molecular weight excluding hydrogens is 520 g/mol. The van der Waals surface area contributed by atoms with Gasteiger partial charge in [-0.1, -0.05) is 76.2 Å². The number of aliphatic imine (C=N–C) groups is 1. The molecule has 0 aromatic heterocycles. The van der Waals surface area contributed by atoms with E-state index in [-0.39, 0.29) is 48.4 Å². The quantitative estimate of drug-likeness (QED) is 0.214. The number of nitrogens with zero attached hydrogens (tertiary/aromatic N) is 1. The van der Waals surface area contributed by atoms with Crippen LogP contribution in [0.4, 0.5) is 4.79 Å². The molecule has 0 saturated carbocycles. The molecule has 2 aromatic rings. The zero-order chi connectivity index (χ0) is 29.7. The van der Waals surface area contributed by atoms with E-state index in [1.165, 1.54) is 0 Å². The van der Waals surface area contributed by atoms with Gasteiger partial charge in [0.25, 0.3) is 0 Å². The van der Waals surface area contributed by atoms with Crippen molar-refractivity contribution < 1.29 is 29.3 Å². The normalized spacial score (nSPS) is 17.3. The van der Waals surface area contributed by atoms with E-state index in [4.69, 9.17) is 4.74 Å². The highest BCUT2D eigenvalue weighted by Crippen LogP contribution is 2.44. The number of carboxylic acids is 1. The molecule has 1 amide bonds. The van der Waals surface area contributed by atoms with Crippen molar-refractivity contribution in [3.8, 4) is 11.1 Å². The highest BCUT2D eigenvalue weighted by atomic mass is 16.5. The van der Waals surface area contributed by atoms with Crippen molar-refractivity contribution in [2.45, 2.75) is 71.8 Å². The third kappa shape index (κ3) is 7.23. The van der Waals surface area contributed by atoms with Crippen LogP contribution in [-0.4, -0.2) is 53.0 Å². The summed E-state index contributed by atoms with van der Waals surface area (Å²) in [5, 5.41) is 22.9. The number of alkyl carbamates (subject to hydrolysis) is 1. The van der Waals surface area contributed by atoms with E-state index in [1.54, 1.807) is 0 Å².